The smallest absolute Gasteiger partial charge is 0.441 e. The number of rotatable bonds is 7. The molecule has 1 saturated carbocycles. The van der Waals surface area contributed by atoms with E-state index in [1.54, 1.807) is 0 Å². The Bertz CT molecular complexity index is 1360. The summed E-state index contributed by atoms with van der Waals surface area (Å²) in [6, 6.07) is 3.31. The molecule has 196 valence electrons. The predicted molar refractivity (Wildman–Crippen MR) is 115 cm³/mol. The van der Waals surface area contributed by atoms with Crippen LogP contribution in [0.5, 0.6) is 0 Å². The maximum Gasteiger partial charge on any atom is 0.522 e. The van der Waals surface area contributed by atoms with E-state index in [0.29, 0.717) is 0 Å². The molecule has 3 atom stereocenters. The molecular weight excluding hydrogens is 504 g/mol. The standard InChI is InChI=1S/C21H20F4N8O4/c1-20(2-3-20)30-19(34)37-13-9-35-16(15(13)22)12-4-14(32-31-12)29-18-27-6-10(5-26)17-28-11(7-33(17)18)8-36-21(23,24)25/h4,6-7,13,15-16H,2-3,8-9H2,1H3,(H,30,34)(H2,27,29,31,32)/t13-,15-,16-/m1/s1. The number of anilines is 2. The zero-order valence-electron chi connectivity index (χ0n) is 19.2. The van der Waals surface area contributed by atoms with Gasteiger partial charge in [0.15, 0.2) is 23.7 Å². The number of carbonyl (C=O) groups excluding carboxylic acids is 1. The molecule has 12 nitrogen and oxygen atoms in total. The number of fused-ring (bicyclic) bond motifs is 1. The number of hydrogen-bond donors (Lipinski definition) is 3. The van der Waals surface area contributed by atoms with Crippen LogP contribution in [0.25, 0.3) is 5.65 Å². The van der Waals surface area contributed by atoms with Crippen molar-refractivity contribution < 1.29 is 36.6 Å². The summed E-state index contributed by atoms with van der Waals surface area (Å²) in [5.74, 6) is 0.253. The number of alkyl halides is 4. The summed E-state index contributed by atoms with van der Waals surface area (Å²) in [5.41, 5.74) is -0.0593. The molecule has 5 rings (SSSR count). The third-order valence-corrected chi connectivity index (χ3v) is 5.94. The molecule has 4 heterocycles. The zero-order valence-corrected chi connectivity index (χ0v) is 19.2. The van der Waals surface area contributed by atoms with Gasteiger partial charge in [0.2, 0.25) is 5.95 Å². The molecule has 0 radical (unpaired) electrons. The van der Waals surface area contributed by atoms with E-state index in [1.165, 1.54) is 22.9 Å². The van der Waals surface area contributed by atoms with Crippen LogP contribution in [0.3, 0.4) is 0 Å². The van der Waals surface area contributed by atoms with Gasteiger partial charge < -0.3 is 20.1 Å². The number of aromatic amines is 1. The Balaban J connectivity index is 1.28. The van der Waals surface area contributed by atoms with Crippen molar-refractivity contribution in [1.82, 2.24) is 29.9 Å². The molecule has 3 aromatic rings. The highest BCUT2D eigenvalue weighted by Gasteiger charge is 2.44. The summed E-state index contributed by atoms with van der Waals surface area (Å²) in [4.78, 5) is 20.1. The van der Waals surface area contributed by atoms with Crippen LogP contribution in [0.2, 0.25) is 0 Å². The van der Waals surface area contributed by atoms with Crippen LogP contribution < -0.4 is 10.6 Å². The molecule has 0 aromatic carbocycles. The molecule has 3 aromatic heterocycles. The first-order chi connectivity index (χ1) is 17.5. The number of amides is 1. The quantitative estimate of drug-likeness (QED) is 0.396. The van der Waals surface area contributed by atoms with E-state index in [1.807, 2.05) is 13.0 Å². The van der Waals surface area contributed by atoms with E-state index in [4.69, 9.17) is 9.47 Å². The first-order valence-electron chi connectivity index (χ1n) is 11.1. The second-order valence-electron chi connectivity index (χ2n) is 8.93. The summed E-state index contributed by atoms with van der Waals surface area (Å²) in [5, 5.41) is 21.5. The zero-order chi connectivity index (χ0) is 26.4. The van der Waals surface area contributed by atoms with Crippen molar-refractivity contribution in [3.63, 3.8) is 0 Å². The second-order valence-corrected chi connectivity index (χ2v) is 8.93. The normalized spacial score (nSPS) is 22.5. The highest BCUT2D eigenvalue weighted by atomic mass is 19.4. The van der Waals surface area contributed by atoms with Crippen molar-refractivity contribution in [3.05, 3.63) is 35.4 Å². The van der Waals surface area contributed by atoms with Crippen molar-refractivity contribution in [2.45, 2.75) is 56.7 Å². The first kappa shape index (κ1) is 24.7. The Labute approximate surface area is 205 Å². The average Bonchev–Trinajstić information content (AvgIpc) is 3.20. The van der Waals surface area contributed by atoms with Crippen molar-refractivity contribution in [3.8, 4) is 6.07 Å². The van der Waals surface area contributed by atoms with E-state index in [0.717, 1.165) is 12.8 Å². The number of hydrogen-bond acceptors (Lipinski definition) is 9. The monoisotopic (exact) mass is 524 g/mol. The minimum atomic E-state index is -4.85. The number of alkyl carbamates (subject to hydrolysis) is 1. The highest BCUT2D eigenvalue weighted by Crippen LogP contribution is 2.36. The first-order valence-corrected chi connectivity index (χ1v) is 11.1. The number of carbonyl (C=O) groups is 1. The van der Waals surface area contributed by atoms with Crippen LogP contribution in [-0.2, 0) is 20.8 Å². The number of nitrogens with one attached hydrogen (secondary N) is 3. The molecule has 37 heavy (non-hydrogen) atoms. The fourth-order valence-electron chi connectivity index (χ4n) is 3.75. The third-order valence-electron chi connectivity index (χ3n) is 5.94. The van der Waals surface area contributed by atoms with Gasteiger partial charge in [-0.2, -0.15) is 10.4 Å². The van der Waals surface area contributed by atoms with E-state index >= 15 is 0 Å². The molecule has 1 saturated heterocycles. The molecule has 3 N–H and O–H groups in total. The fraction of sp³-hybridized carbons (Fsp3) is 0.476. The third kappa shape index (κ3) is 5.42. The molecule has 0 unspecified atom stereocenters. The highest BCUT2D eigenvalue weighted by molar-refractivity contribution is 5.69. The Kier molecular flexibility index (Phi) is 6.12. The SMILES string of the molecule is CC1(NC(=O)O[C@@H]2CO[C@H](c3cc(Nc4ncc(C#N)c5nc(COC(F)(F)F)cn45)n[nH]3)[C@@H]2F)CC1. The molecule has 2 aliphatic rings. The van der Waals surface area contributed by atoms with Gasteiger partial charge in [0.25, 0.3) is 0 Å². The number of imidazole rings is 1. The summed E-state index contributed by atoms with van der Waals surface area (Å²) < 4.78 is 68.0. The minimum absolute atomic E-state index is 0.0249. The van der Waals surface area contributed by atoms with Crippen molar-refractivity contribution in [1.29, 1.82) is 5.26 Å². The number of aromatic nitrogens is 5. The molecule has 0 bridgehead atoms. The summed E-state index contributed by atoms with van der Waals surface area (Å²) in [6.07, 6.45) is -5.31. The maximum atomic E-state index is 15.0. The fourth-order valence-corrected chi connectivity index (χ4v) is 3.75. The lowest BCUT2D eigenvalue weighted by atomic mass is 10.1. The van der Waals surface area contributed by atoms with Crippen LogP contribution in [0.15, 0.2) is 18.5 Å². The van der Waals surface area contributed by atoms with E-state index < -0.39 is 37.4 Å². The van der Waals surface area contributed by atoms with E-state index in [9.17, 15) is 27.6 Å². The lowest BCUT2D eigenvalue weighted by Gasteiger charge is -2.17. The number of H-pyrrole nitrogens is 1. The molecule has 2 fully saturated rings. The van der Waals surface area contributed by atoms with Crippen molar-refractivity contribution in [2.75, 3.05) is 11.9 Å². The van der Waals surface area contributed by atoms with Gasteiger partial charge in [0.05, 0.1) is 30.8 Å². The lowest BCUT2D eigenvalue weighted by Crippen LogP contribution is -2.39. The number of halogens is 4. The lowest BCUT2D eigenvalue weighted by molar-refractivity contribution is -0.330. The Morgan fingerprint density at radius 2 is 2.22 bits per heavy atom. The van der Waals surface area contributed by atoms with Crippen molar-refractivity contribution >= 4 is 23.5 Å². The maximum absolute atomic E-state index is 15.0. The summed E-state index contributed by atoms with van der Waals surface area (Å²) in [6.45, 7) is 0.860. The van der Waals surface area contributed by atoms with Gasteiger partial charge >= 0.3 is 12.5 Å². The molecular formula is C21H20F4N8O4. The van der Waals surface area contributed by atoms with Crippen LogP contribution in [0.1, 0.15) is 42.8 Å². The Morgan fingerprint density at radius 1 is 1.43 bits per heavy atom. The minimum Gasteiger partial charge on any atom is -0.441 e. The van der Waals surface area contributed by atoms with Crippen LogP contribution in [0, 0.1) is 11.3 Å². The second kappa shape index (κ2) is 9.16. The topological polar surface area (TPSA) is 151 Å². The molecule has 1 amide bonds. The van der Waals surface area contributed by atoms with Crippen LogP contribution in [0.4, 0.5) is 34.1 Å². The average molecular weight is 524 g/mol. The van der Waals surface area contributed by atoms with E-state index in [2.05, 4.69) is 35.5 Å². The van der Waals surface area contributed by atoms with Crippen LogP contribution >= 0.6 is 0 Å². The largest absolute Gasteiger partial charge is 0.522 e. The van der Waals surface area contributed by atoms with Gasteiger partial charge in [0, 0.05) is 17.8 Å². The van der Waals surface area contributed by atoms with Gasteiger partial charge in [-0.05, 0) is 19.8 Å². The number of nitriles is 1. The molecule has 1 aliphatic carbocycles. The van der Waals surface area contributed by atoms with E-state index in [-0.39, 0.29) is 46.5 Å². The molecule has 16 heteroatoms. The Hall–Kier alpha value is -3.97. The number of nitrogens with zero attached hydrogens (tertiary/aromatic N) is 5. The van der Waals surface area contributed by atoms with Gasteiger partial charge in [-0.3, -0.25) is 14.2 Å². The molecule has 0 spiro atoms. The van der Waals surface area contributed by atoms with Crippen molar-refractivity contribution in [2.24, 2.45) is 0 Å². The predicted octanol–water partition coefficient (Wildman–Crippen LogP) is 3.16. The van der Waals surface area contributed by atoms with Gasteiger partial charge in [-0.1, -0.05) is 0 Å². The summed E-state index contributed by atoms with van der Waals surface area (Å²) in [7, 11) is 0. The van der Waals surface area contributed by atoms with Crippen LogP contribution in [-0.4, -0.2) is 61.4 Å². The molecule has 1 aliphatic heterocycles. The van der Waals surface area contributed by atoms with Gasteiger partial charge in [-0.15, -0.1) is 13.2 Å². The summed E-state index contributed by atoms with van der Waals surface area (Å²) >= 11 is 0. The Morgan fingerprint density at radius 3 is 2.92 bits per heavy atom. The number of ether oxygens (including phenoxy) is 3. The van der Waals surface area contributed by atoms with Gasteiger partial charge in [-0.25, -0.2) is 19.2 Å². The van der Waals surface area contributed by atoms with Gasteiger partial charge in [0.1, 0.15) is 17.7 Å².